The van der Waals surface area contributed by atoms with Crippen molar-refractivity contribution in [1.82, 2.24) is 10.3 Å². The minimum atomic E-state index is -0.465. The second-order valence-corrected chi connectivity index (χ2v) is 3.92. The number of hydrogen-bond acceptors (Lipinski definition) is 3. The molecule has 18 heavy (non-hydrogen) atoms. The zero-order valence-corrected chi connectivity index (χ0v) is 10.7. The van der Waals surface area contributed by atoms with Gasteiger partial charge in [-0.25, -0.2) is 0 Å². The summed E-state index contributed by atoms with van der Waals surface area (Å²) < 4.78 is 0. The zero-order valence-electron chi connectivity index (χ0n) is 9.96. The van der Waals surface area contributed by atoms with E-state index < -0.39 is 6.10 Å². The van der Waals surface area contributed by atoms with Crippen LogP contribution in [0.5, 0.6) is 0 Å². The van der Waals surface area contributed by atoms with Gasteiger partial charge in [-0.2, -0.15) is 0 Å². The van der Waals surface area contributed by atoms with Gasteiger partial charge in [0.2, 0.25) is 0 Å². The highest BCUT2D eigenvalue weighted by Crippen LogP contribution is 2.10. The van der Waals surface area contributed by atoms with Gasteiger partial charge >= 0.3 is 0 Å². The topological polar surface area (TPSA) is 45.1 Å². The Kier molecular flexibility index (Phi) is 6.36. The average Bonchev–Trinajstić information content (AvgIpc) is 2.41. The third-order valence-corrected chi connectivity index (χ3v) is 2.57. The van der Waals surface area contributed by atoms with Crippen molar-refractivity contribution in [3.8, 4) is 0 Å². The standard InChI is InChI=1S/C14H16N2O.ClH/c17-14(13-6-2-1-3-7-13)11-16-10-12-5-4-8-15-9-12;/h1-9,14,16-17H,10-11H2;1H/p-1. The molecule has 0 spiro atoms. The van der Waals surface area contributed by atoms with Gasteiger partial charge < -0.3 is 22.8 Å². The molecule has 0 aliphatic carbocycles. The van der Waals surface area contributed by atoms with Crippen molar-refractivity contribution in [2.24, 2.45) is 0 Å². The predicted octanol–water partition coefficient (Wildman–Crippen LogP) is -1.09. The fourth-order valence-corrected chi connectivity index (χ4v) is 1.65. The summed E-state index contributed by atoms with van der Waals surface area (Å²) in [5.74, 6) is 0. The fraction of sp³-hybridized carbons (Fsp3) is 0.214. The van der Waals surface area contributed by atoms with Crippen LogP contribution in [-0.2, 0) is 6.54 Å². The largest absolute Gasteiger partial charge is 1.00 e. The van der Waals surface area contributed by atoms with E-state index in [4.69, 9.17) is 0 Å². The number of hydrogen-bond donors (Lipinski definition) is 2. The Balaban J connectivity index is 0.00000162. The van der Waals surface area contributed by atoms with Crippen molar-refractivity contribution in [3.63, 3.8) is 0 Å². The van der Waals surface area contributed by atoms with Crippen molar-refractivity contribution >= 4 is 0 Å². The Morgan fingerprint density at radius 3 is 2.56 bits per heavy atom. The molecule has 0 aliphatic heterocycles. The van der Waals surface area contributed by atoms with Crippen LogP contribution in [0.15, 0.2) is 54.9 Å². The summed E-state index contributed by atoms with van der Waals surface area (Å²) in [6, 6.07) is 13.6. The first kappa shape index (κ1) is 14.6. The lowest BCUT2D eigenvalue weighted by atomic mass is 10.1. The first-order valence-electron chi connectivity index (χ1n) is 5.69. The molecule has 1 unspecified atom stereocenters. The van der Waals surface area contributed by atoms with Crippen LogP contribution in [0.4, 0.5) is 0 Å². The first-order chi connectivity index (χ1) is 8.36. The number of rotatable bonds is 5. The van der Waals surface area contributed by atoms with Gasteiger partial charge in [0.25, 0.3) is 0 Å². The van der Waals surface area contributed by atoms with E-state index in [1.54, 1.807) is 6.20 Å². The van der Waals surface area contributed by atoms with Crippen LogP contribution < -0.4 is 17.7 Å². The quantitative estimate of drug-likeness (QED) is 0.721. The number of benzene rings is 1. The predicted molar refractivity (Wildman–Crippen MR) is 67.3 cm³/mol. The lowest BCUT2D eigenvalue weighted by Gasteiger charge is -2.11. The van der Waals surface area contributed by atoms with E-state index in [2.05, 4.69) is 10.3 Å². The zero-order chi connectivity index (χ0) is 11.9. The number of aliphatic hydroxyl groups excluding tert-OH is 1. The number of nitrogens with one attached hydrogen (secondary N) is 1. The van der Waals surface area contributed by atoms with Gasteiger partial charge in [0.1, 0.15) is 0 Å². The van der Waals surface area contributed by atoms with Crippen molar-refractivity contribution in [3.05, 3.63) is 66.0 Å². The third kappa shape index (κ3) is 4.45. The van der Waals surface area contributed by atoms with Gasteiger partial charge in [-0.05, 0) is 17.2 Å². The van der Waals surface area contributed by atoms with Crippen molar-refractivity contribution in [2.75, 3.05) is 6.54 Å². The molecule has 1 aromatic carbocycles. The molecule has 4 heteroatoms. The lowest BCUT2D eigenvalue weighted by molar-refractivity contribution is -0.00000520. The normalized spacial score (nSPS) is 11.6. The summed E-state index contributed by atoms with van der Waals surface area (Å²) >= 11 is 0. The van der Waals surface area contributed by atoms with Crippen LogP contribution in [0, 0.1) is 0 Å². The van der Waals surface area contributed by atoms with Gasteiger partial charge in [-0.3, -0.25) is 4.98 Å². The Morgan fingerprint density at radius 1 is 1.11 bits per heavy atom. The number of aliphatic hydroxyl groups is 1. The molecule has 1 heterocycles. The SMILES string of the molecule is OC(CNCc1cccnc1)c1ccccc1.[Cl-]. The summed E-state index contributed by atoms with van der Waals surface area (Å²) in [5, 5.41) is 13.1. The van der Waals surface area contributed by atoms with E-state index in [-0.39, 0.29) is 12.4 Å². The van der Waals surface area contributed by atoms with Gasteiger partial charge in [-0.1, -0.05) is 36.4 Å². The molecule has 2 aromatic rings. The average molecular weight is 264 g/mol. The monoisotopic (exact) mass is 263 g/mol. The highest BCUT2D eigenvalue weighted by Gasteiger charge is 2.05. The number of aromatic nitrogens is 1. The smallest absolute Gasteiger partial charge is 0.0914 e. The molecular weight excluding hydrogens is 248 g/mol. The van der Waals surface area contributed by atoms with Crippen LogP contribution in [0.2, 0.25) is 0 Å². The number of pyridine rings is 1. The Bertz CT molecular complexity index is 436. The lowest BCUT2D eigenvalue weighted by Crippen LogP contribution is -3.00. The second-order valence-electron chi connectivity index (χ2n) is 3.92. The van der Waals surface area contributed by atoms with Crippen LogP contribution in [0.25, 0.3) is 0 Å². The molecule has 96 valence electrons. The molecule has 1 atom stereocenters. The van der Waals surface area contributed by atoms with Crippen molar-refractivity contribution in [1.29, 1.82) is 0 Å². The molecule has 3 nitrogen and oxygen atoms in total. The summed E-state index contributed by atoms with van der Waals surface area (Å²) in [5.41, 5.74) is 2.05. The van der Waals surface area contributed by atoms with Gasteiger partial charge in [0.15, 0.2) is 0 Å². The molecule has 0 fully saturated rings. The second kappa shape index (κ2) is 7.82. The maximum Gasteiger partial charge on any atom is 0.0914 e. The van der Waals surface area contributed by atoms with E-state index in [1.807, 2.05) is 48.7 Å². The maximum absolute atomic E-state index is 9.92. The van der Waals surface area contributed by atoms with E-state index >= 15 is 0 Å². The Morgan fingerprint density at radius 2 is 1.89 bits per heavy atom. The van der Waals surface area contributed by atoms with Gasteiger partial charge in [0.05, 0.1) is 6.10 Å². The maximum atomic E-state index is 9.92. The van der Waals surface area contributed by atoms with Crippen LogP contribution in [0.3, 0.4) is 0 Å². The summed E-state index contributed by atoms with van der Waals surface area (Å²) in [7, 11) is 0. The summed E-state index contributed by atoms with van der Waals surface area (Å²) in [4.78, 5) is 4.04. The van der Waals surface area contributed by atoms with Crippen LogP contribution in [0.1, 0.15) is 17.2 Å². The van der Waals surface area contributed by atoms with Crippen LogP contribution in [-0.4, -0.2) is 16.6 Å². The van der Waals surface area contributed by atoms with E-state index in [1.165, 1.54) is 0 Å². The number of halogens is 1. The van der Waals surface area contributed by atoms with Gasteiger partial charge in [0, 0.05) is 25.5 Å². The summed E-state index contributed by atoms with van der Waals surface area (Å²) in [6.45, 7) is 1.26. The molecule has 2 rings (SSSR count). The van der Waals surface area contributed by atoms with E-state index in [9.17, 15) is 5.11 Å². The molecule has 0 aliphatic rings. The highest BCUT2D eigenvalue weighted by atomic mass is 35.5. The summed E-state index contributed by atoms with van der Waals surface area (Å²) in [6.07, 6.45) is 3.11. The minimum Gasteiger partial charge on any atom is -1.00 e. The van der Waals surface area contributed by atoms with Crippen molar-refractivity contribution < 1.29 is 17.5 Å². The number of nitrogens with zero attached hydrogens (tertiary/aromatic N) is 1. The first-order valence-corrected chi connectivity index (χ1v) is 5.69. The molecule has 0 amide bonds. The molecular formula is C14H16ClN2O-. The van der Waals surface area contributed by atoms with Crippen LogP contribution >= 0.6 is 0 Å². The van der Waals surface area contributed by atoms with Crippen molar-refractivity contribution in [2.45, 2.75) is 12.6 Å². The van der Waals surface area contributed by atoms with E-state index in [0.717, 1.165) is 17.7 Å². The Labute approximate surface area is 113 Å². The molecule has 0 bridgehead atoms. The fourth-order valence-electron chi connectivity index (χ4n) is 1.65. The molecule has 2 N–H and O–H groups in total. The van der Waals surface area contributed by atoms with Gasteiger partial charge in [-0.15, -0.1) is 0 Å². The van der Waals surface area contributed by atoms with E-state index in [0.29, 0.717) is 6.54 Å². The molecule has 0 radical (unpaired) electrons. The third-order valence-electron chi connectivity index (χ3n) is 2.57. The molecule has 0 saturated carbocycles. The highest BCUT2D eigenvalue weighted by molar-refractivity contribution is 5.17. The molecule has 0 saturated heterocycles. The molecule has 1 aromatic heterocycles. The Hall–Kier alpha value is -1.42. The minimum absolute atomic E-state index is 0.